The number of Topliss-reactive ketones (excluding diaryl/α,β-unsaturated/α-hetero) is 1. The second-order valence-electron chi connectivity index (χ2n) is 5.13. The summed E-state index contributed by atoms with van der Waals surface area (Å²) in [5.74, 6) is 0.197. The van der Waals surface area contributed by atoms with Gasteiger partial charge < -0.3 is 0 Å². The molecule has 1 aromatic carbocycles. The number of carbonyl (C=O) groups excluding carboxylic acids is 1. The van der Waals surface area contributed by atoms with Gasteiger partial charge >= 0.3 is 0 Å². The van der Waals surface area contributed by atoms with Crippen LogP contribution in [0.25, 0.3) is 0 Å². The molecule has 0 spiro atoms. The van der Waals surface area contributed by atoms with E-state index in [1.807, 2.05) is 0 Å². The fourth-order valence-electron chi connectivity index (χ4n) is 2.64. The van der Waals surface area contributed by atoms with Crippen molar-refractivity contribution in [3.8, 4) is 0 Å². The molecule has 0 N–H and O–H groups in total. The van der Waals surface area contributed by atoms with Gasteiger partial charge in [0.2, 0.25) is 0 Å². The van der Waals surface area contributed by atoms with Gasteiger partial charge in [-0.05, 0) is 37.9 Å². The van der Waals surface area contributed by atoms with Crippen molar-refractivity contribution >= 4 is 27.4 Å². The van der Waals surface area contributed by atoms with Crippen molar-refractivity contribution in [3.05, 3.63) is 38.3 Å². The molecule has 0 bridgehead atoms. The van der Waals surface area contributed by atoms with E-state index < -0.39 is 4.92 Å². The first kappa shape index (κ1) is 15.1. The van der Waals surface area contributed by atoms with Gasteiger partial charge in [0.05, 0.1) is 11.0 Å². The molecule has 0 amide bonds. The van der Waals surface area contributed by atoms with Crippen LogP contribution < -0.4 is 0 Å². The van der Waals surface area contributed by atoms with Crippen LogP contribution in [0, 0.1) is 10.1 Å². The van der Waals surface area contributed by atoms with Crippen molar-refractivity contribution in [2.75, 3.05) is 6.54 Å². The van der Waals surface area contributed by atoms with E-state index in [9.17, 15) is 14.9 Å². The molecule has 1 heterocycles. The molecule has 108 valence electrons. The average Bonchev–Trinajstić information content (AvgIpc) is 2.41. The Morgan fingerprint density at radius 1 is 1.50 bits per heavy atom. The lowest BCUT2D eigenvalue weighted by atomic mass is 9.98. The zero-order chi connectivity index (χ0) is 14.7. The molecule has 0 aromatic heterocycles. The van der Waals surface area contributed by atoms with Gasteiger partial charge in [0.15, 0.2) is 0 Å². The predicted molar refractivity (Wildman–Crippen MR) is 79.5 cm³/mol. The Morgan fingerprint density at radius 2 is 2.25 bits per heavy atom. The Morgan fingerprint density at radius 3 is 2.85 bits per heavy atom. The highest BCUT2D eigenvalue weighted by Crippen LogP contribution is 2.27. The number of non-ortho nitro benzene ring substituents is 1. The number of carbonyl (C=O) groups is 1. The summed E-state index contributed by atoms with van der Waals surface area (Å²) in [6, 6.07) is 4.76. The Bertz CT molecular complexity index is 533. The summed E-state index contributed by atoms with van der Waals surface area (Å²) in [6.45, 7) is 3.17. The lowest BCUT2D eigenvalue weighted by Gasteiger charge is -2.34. The molecular weight excluding hydrogens is 324 g/mol. The first-order chi connectivity index (χ1) is 9.49. The summed E-state index contributed by atoms with van der Waals surface area (Å²) >= 11 is 3.38. The number of halogens is 1. The van der Waals surface area contributed by atoms with Crippen LogP contribution in [0.3, 0.4) is 0 Å². The van der Waals surface area contributed by atoms with E-state index in [4.69, 9.17) is 0 Å². The SMILES string of the molecule is CC(=O)C1CCCCN1Cc1ccc([N+](=O)[O-])cc1Br. The lowest BCUT2D eigenvalue weighted by molar-refractivity contribution is -0.384. The maximum Gasteiger partial charge on any atom is 0.270 e. The van der Waals surface area contributed by atoms with E-state index in [1.165, 1.54) is 12.1 Å². The molecule has 0 radical (unpaired) electrons. The van der Waals surface area contributed by atoms with Crippen molar-refractivity contribution in [2.45, 2.75) is 38.8 Å². The number of hydrogen-bond acceptors (Lipinski definition) is 4. The molecule has 1 saturated heterocycles. The number of nitro groups is 1. The number of piperidine rings is 1. The van der Waals surface area contributed by atoms with Gasteiger partial charge in [-0.1, -0.05) is 22.4 Å². The normalized spacial score (nSPS) is 19.8. The third-order valence-electron chi connectivity index (χ3n) is 3.70. The molecule has 1 fully saturated rings. The zero-order valence-electron chi connectivity index (χ0n) is 11.3. The highest BCUT2D eigenvalue weighted by molar-refractivity contribution is 9.10. The van der Waals surface area contributed by atoms with E-state index in [0.717, 1.165) is 35.8 Å². The van der Waals surface area contributed by atoms with Crippen molar-refractivity contribution in [2.24, 2.45) is 0 Å². The van der Waals surface area contributed by atoms with Gasteiger partial charge in [0, 0.05) is 23.2 Å². The quantitative estimate of drug-likeness (QED) is 0.623. The van der Waals surface area contributed by atoms with Gasteiger partial charge in [0.25, 0.3) is 5.69 Å². The van der Waals surface area contributed by atoms with E-state index in [0.29, 0.717) is 6.54 Å². The Hall–Kier alpha value is -1.27. The third-order valence-corrected chi connectivity index (χ3v) is 4.44. The molecule has 1 aliphatic rings. The molecule has 20 heavy (non-hydrogen) atoms. The van der Waals surface area contributed by atoms with Crippen LogP contribution in [-0.4, -0.2) is 28.2 Å². The fourth-order valence-corrected chi connectivity index (χ4v) is 3.13. The topological polar surface area (TPSA) is 63.5 Å². The fraction of sp³-hybridized carbons (Fsp3) is 0.500. The molecule has 6 heteroatoms. The second-order valence-corrected chi connectivity index (χ2v) is 5.98. The number of rotatable bonds is 4. The number of likely N-dealkylation sites (tertiary alicyclic amines) is 1. The third kappa shape index (κ3) is 3.43. The summed E-state index contributed by atoms with van der Waals surface area (Å²) in [6.07, 6.45) is 3.08. The number of ketones is 1. The first-order valence-electron chi connectivity index (χ1n) is 6.66. The first-order valence-corrected chi connectivity index (χ1v) is 7.45. The van der Waals surface area contributed by atoms with E-state index >= 15 is 0 Å². The summed E-state index contributed by atoms with van der Waals surface area (Å²) in [5, 5.41) is 10.7. The summed E-state index contributed by atoms with van der Waals surface area (Å²) < 4.78 is 0.722. The van der Waals surface area contributed by atoms with E-state index in [2.05, 4.69) is 20.8 Å². The zero-order valence-corrected chi connectivity index (χ0v) is 12.9. The predicted octanol–water partition coefficient (Wildman–Crippen LogP) is 3.30. The number of nitro benzene ring substituents is 1. The summed E-state index contributed by atoms with van der Waals surface area (Å²) in [4.78, 5) is 24.2. The monoisotopic (exact) mass is 340 g/mol. The minimum absolute atomic E-state index is 0.0224. The van der Waals surface area contributed by atoms with Crippen molar-refractivity contribution in [3.63, 3.8) is 0 Å². The van der Waals surface area contributed by atoms with Crippen LogP contribution >= 0.6 is 15.9 Å². The van der Waals surface area contributed by atoms with Gasteiger partial charge in [0.1, 0.15) is 5.78 Å². The van der Waals surface area contributed by atoms with Crippen LogP contribution in [0.1, 0.15) is 31.7 Å². The molecule has 1 unspecified atom stereocenters. The maximum atomic E-state index is 11.7. The maximum absolute atomic E-state index is 11.7. The van der Waals surface area contributed by atoms with Crippen LogP contribution in [0.15, 0.2) is 22.7 Å². The number of hydrogen-bond donors (Lipinski definition) is 0. The van der Waals surface area contributed by atoms with E-state index in [-0.39, 0.29) is 17.5 Å². The minimum atomic E-state index is -0.409. The molecule has 0 saturated carbocycles. The Balaban J connectivity index is 2.16. The largest absolute Gasteiger partial charge is 0.298 e. The average molecular weight is 341 g/mol. The Labute approximate surface area is 126 Å². The summed E-state index contributed by atoms with van der Waals surface area (Å²) in [5.41, 5.74) is 1.05. The molecular formula is C14H17BrN2O3. The van der Waals surface area contributed by atoms with Crippen LogP contribution in [-0.2, 0) is 11.3 Å². The summed E-state index contributed by atoms with van der Waals surface area (Å²) in [7, 11) is 0. The van der Waals surface area contributed by atoms with Crippen molar-refractivity contribution in [1.29, 1.82) is 0 Å². The highest BCUT2D eigenvalue weighted by atomic mass is 79.9. The molecule has 1 aromatic rings. The Kier molecular flexibility index (Phi) is 4.88. The lowest BCUT2D eigenvalue weighted by Crippen LogP contribution is -2.43. The van der Waals surface area contributed by atoms with Gasteiger partial charge in [-0.25, -0.2) is 0 Å². The highest BCUT2D eigenvalue weighted by Gasteiger charge is 2.26. The number of benzene rings is 1. The second kappa shape index (κ2) is 6.45. The van der Waals surface area contributed by atoms with Crippen LogP contribution in [0.5, 0.6) is 0 Å². The molecule has 1 aliphatic heterocycles. The standard InChI is InChI=1S/C14H17BrN2O3/c1-10(18)14-4-2-3-7-16(14)9-11-5-6-12(17(19)20)8-13(11)15/h5-6,8,14H,2-4,7,9H2,1H3. The molecule has 5 nitrogen and oxygen atoms in total. The van der Waals surface area contributed by atoms with Crippen molar-refractivity contribution in [1.82, 2.24) is 4.90 Å². The van der Waals surface area contributed by atoms with Crippen LogP contribution in [0.4, 0.5) is 5.69 Å². The minimum Gasteiger partial charge on any atom is -0.298 e. The molecule has 1 atom stereocenters. The molecule has 0 aliphatic carbocycles. The van der Waals surface area contributed by atoms with Crippen molar-refractivity contribution < 1.29 is 9.72 Å². The smallest absolute Gasteiger partial charge is 0.270 e. The van der Waals surface area contributed by atoms with Gasteiger partial charge in [-0.3, -0.25) is 19.8 Å². The van der Waals surface area contributed by atoms with Gasteiger partial charge in [-0.15, -0.1) is 0 Å². The van der Waals surface area contributed by atoms with E-state index in [1.54, 1.807) is 13.0 Å². The van der Waals surface area contributed by atoms with Crippen LogP contribution in [0.2, 0.25) is 0 Å². The molecule has 2 rings (SSSR count). The van der Waals surface area contributed by atoms with Gasteiger partial charge in [-0.2, -0.15) is 0 Å². The number of nitrogens with zero attached hydrogens (tertiary/aromatic N) is 2.